The van der Waals surface area contributed by atoms with Gasteiger partial charge in [-0.3, -0.25) is 4.79 Å². The lowest BCUT2D eigenvalue weighted by Gasteiger charge is -2.21. The number of carbonyl (C=O) groups is 1. The molecule has 0 bridgehead atoms. The number of benzene rings is 2. The van der Waals surface area contributed by atoms with E-state index in [1.165, 1.54) is 0 Å². The highest BCUT2D eigenvalue weighted by atomic mass is 16.5. The fourth-order valence-corrected chi connectivity index (χ4v) is 2.84. The van der Waals surface area contributed by atoms with Gasteiger partial charge in [0.2, 0.25) is 0 Å². The van der Waals surface area contributed by atoms with Gasteiger partial charge >= 0.3 is 0 Å². The maximum atomic E-state index is 12.9. The SMILES string of the molecule is COc1ccc(CC2=C(C(=O)c3ccccc3)C=CC(N)C2=N)cc1. The Morgan fingerprint density at radius 1 is 1.12 bits per heavy atom. The molecule has 0 saturated carbocycles. The first-order valence-corrected chi connectivity index (χ1v) is 8.08. The summed E-state index contributed by atoms with van der Waals surface area (Å²) in [7, 11) is 1.62. The number of allylic oxidation sites excluding steroid dienone is 2. The highest BCUT2D eigenvalue weighted by molar-refractivity contribution is 6.18. The van der Waals surface area contributed by atoms with Gasteiger partial charge in [-0.15, -0.1) is 0 Å². The van der Waals surface area contributed by atoms with Crippen molar-refractivity contribution in [1.82, 2.24) is 0 Å². The molecule has 4 heteroatoms. The van der Waals surface area contributed by atoms with Gasteiger partial charge in [-0.2, -0.15) is 0 Å². The smallest absolute Gasteiger partial charge is 0.193 e. The third kappa shape index (κ3) is 3.59. The van der Waals surface area contributed by atoms with Crippen molar-refractivity contribution in [1.29, 1.82) is 5.41 Å². The molecule has 0 aliphatic heterocycles. The Bertz CT molecular complexity index is 849. The van der Waals surface area contributed by atoms with Gasteiger partial charge in [-0.25, -0.2) is 0 Å². The summed E-state index contributed by atoms with van der Waals surface area (Å²) in [5.41, 5.74) is 9.10. The van der Waals surface area contributed by atoms with E-state index in [2.05, 4.69) is 0 Å². The van der Waals surface area contributed by atoms with Crippen LogP contribution in [0.15, 0.2) is 77.9 Å². The standard InChI is InChI=1S/C21H20N2O2/c1-25-16-9-7-14(8-10-16)13-18-17(11-12-19(22)20(18)23)21(24)15-5-3-2-4-6-15/h2-12,19,23H,13,22H2,1H3. The average molecular weight is 332 g/mol. The summed E-state index contributed by atoms with van der Waals surface area (Å²) in [6, 6.07) is 16.2. The number of nitrogens with two attached hydrogens (primary N) is 1. The molecule has 126 valence electrons. The van der Waals surface area contributed by atoms with Crippen LogP contribution in [-0.2, 0) is 6.42 Å². The quantitative estimate of drug-likeness (QED) is 0.825. The third-order valence-electron chi connectivity index (χ3n) is 4.27. The summed E-state index contributed by atoms with van der Waals surface area (Å²) in [5, 5.41) is 8.35. The van der Waals surface area contributed by atoms with Crippen molar-refractivity contribution in [3.05, 3.63) is 89.0 Å². The second-order valence-electron chi connectivity index (χ2n) is 5.91. The summed E-state index contributed by atoms with van der Waals surface area (Å²) in [4.78, 5) is 12.9. The lowest BCUT2D eigenvalue weighted by atomic mass is 9.85. The van der Waals surface area contributed by atoms with Crippen LogP contribution >= 0.6 is 0 Å². The first-order valence-electron chi connectivity index (χ1n) is 8.08. The van der Waals surface area contributed by atoms with E-state index in [0.29, 0.717) is 23.1 Å². The van der Waals surface area contributed by atoms with Gasteiger partial charge in [0.25, 0.3) is 0 Å². The normalized spacial score (nSPS) is 16.9. The van der Waals surface area contributed by atoms with Gasteiger partial charge in [0, 0.05) is 17.6 Å². The Morgan fingerprint density at radius 3 is 2.44 bits per heavy atom. The van der Waals surface area contributed by atoms with Crippen LogP contribution in [0.2, 0.25) is 0 Å². The predicted molar refractivity (Wildman–Crippen MR) is 99.3 cm³/mol. The van der Waals surface area contributed by atoms with Crippen molar-refractivity contribution in [2.24, 2.45) is 5.73 Å². The summed E-state index contributed by atoms with van der Waals surface area (Å²) in [5.74, 6) is 0.686. The minimum atomic E-state index is -0.486. The number of nitrogens with one attached hydrogen (secondary N) is 1. The number of Topliss-reactive ketones (excluding diaryl/α,β-unsaturated/α-hetero) is 1. The van der Waals surface area contributed by atoms with Crippen LogP contribution in [0.4, 0.5) is 0 Å². The molecule has 4 nitrogen and oxygen atoms in total. The van der Waals surface area contributed by atoms with E-state index in [9.17, 15) is 4.79 Å². The summed E-state index contributed by atoms with van der Waals surface area (Å²) in [6.07, 6.45) is 3.93. The van der Waals surface area contributed by atoms with E-state index < -0.39 is 6.04 Å². The predicted octanol–water partition coefficient (Wildman–Crippen LogP) is 3.33. The molecule has 2 aromatic carbocycles. The highest BCUT2D eigenvalue weighted by Gasteiger charge is 2.24. The number of rotatable bonds is 5. The van der Waals surface area contributed by atoms with Crippen molar-refractivity contribution < 1.29 is 9.53 Å². The molecule has 0 fully saturated rings. The topological polar surface area (TPSA) is 76.2 Å². The third-order valence-corrected chi connectivity index (χ3v) is 4.27. The van der Waals surface area contributed by atoms with Gasteiger partial charge in [-0.05, 0) is 23.3 Å². The van der Waals surface area contributed by atoms with Gasteiger partial charge in [0.1, 0.15) is 5.75 Å². The summed E-state index contributed by atoms with van der Waals surface area (Å²) < 4.78 is 5.17. The van der Waals surface area contributed by atoms with Crippen molar-refractivity contribution in [2.75, 3.05) is 7.11 Å². The van der Waals surface area contributed by atoms with Crippen LogP contribution in [0.25, 0.3) is 0 Å². The molecule has 0 spiro atoms. The fraction of sp³-hybridized carbons (Fsp3) is 0.143. The molecule has 1 aliphatic rings. The van der Waals surface area contributed by atoms with E-state index in [1.54, 1.807) is 31.4 Å². The zero-order valence-electron chi connectivity index (χ0n) is 14.0. The summed E-state index contributed by atoms with van der Waals surface area (Å²) >= 11 is 0. The molecule has 0 amide bonds. The molecule has 0 aromatic heterocycles. The molecule has 0 radical (unpaired) electrons. The van der Waals surface area contributed by atoms with E-state index in [-0.39, 0.29) is 11.5 Å². The van der Waals surface area contributed by atoms with Gasteiger partial charge < -0.3 is 15.9 Å². The molecule has 1 unspecified atom stereocenters. The number of methoxy groups -OCH3 is 1. The first-order chi connectivity index (χ1) is 12.1. The maximum Gasteiger partial charge on any atom is 0.193 e. The van der Waals surface area contributed by atoms with Crippen molar-refractivity contribution in [3.63, 3.8) is 0 Å². The van der Waals surface area contributed by atoms with Crippen LogP contribution in [0.3, 0.4) is 0 Å². The lowest BCUT2D eigenvalue weighted by Crippen LogP contribution is -2.33. The van der Waals surface area contributed by atoms with Crippen molar-refractivity contribution >= 4 is 11.5 Å². The first kappa shape index (κ1) is 16.9. The Kier molecular flexibility index (Phi) is 4.91. The van der Waals surface area contributed by atoms with Crippen LogP contribution in [0.5, 0.6) is 5.75 Å². The van der Waals surface area contributed by atoms with Crippen molar-refractivity contribution in [3.8, 4) is 5.75 Å². The molecule has 3 N–H and O–H groups in total. The minimum Gasteiger partial charge on any atom is -0.497 e. The Morgan fingerprint density at radius 2 is 1.80 bits per heavy atom. The Hall–Kier alpha value is -2.98. The highest BCUT2D eigenvalue weighted by Crippen LogP contribution is 2.24. The van der Waals surface area contributed by atoms with Crippen molar-refractivity contribution in [2.45, 2.75) is 12.5 Å². The Balaban J connectivity index is 1.99. The molecule has 0 saturated heterocycles. The monoisotopic (exact) mass is 332 g/mol. The molecule has 25 heavy (non-hydrogen) atoms. The number of carbonyl (C=O) groups excluding carboxylic acids is 1. The Labute approximate surface area is 147 Å². The van der Waals surface area contributed by atoms with E-state index >= 15 is 0 Å². The van der Waals surface area contributed by atoms with E-state index in [0.717, 1.165) is 11.3 Å². The summed E-state index contributed by atoms with van der Waals surface area (Å²) in [6.45, 7) is 0. The van der Waals surface area contributed by atoms with E-state index in [1.807, 2.05) is 42.5 Å². The second kappa shape index (κ2) is 7.28. The number of hydrogen-bond acceptors (Lipinski definition) is 4. The van der Waals surface area contributed by atoms with Crippen LogP contribution in [-0.4, -0.2) is 24.6 Å². The minimum absolute atomic E-state index is 0.0861. The molecule has 3 rings (SSSR count). The van der Waals surface area contributed by atoms with Gasteiger partial charge in [-0.1, -0.05) is 54.6 Å². The molecular formula is C21H20N2O2. The maximum absolute atomic E-state index is 12.9. The second-order valence-corrected chi connectivity index (χ2v) is 5.91. The van der Waals surface area contributed by atoms with Crippen LogP contribution < -0.4 is 10.5 Å². The lowest BCUT2D eigenvalue weighted by molar-refractivity contribution is 0.103. The zero-order chi connectivity index (χ0) is 17.8. The van der Waals surface area contributed by atoms with E-state index in [4.69, 9.17) is 15.9 Å². The number of ether oxygens (including phenoxy) is 1. The average Bonchev–Trinajstić information content (AvgIpc) is 2.66. The zero-order valence-corrected chi connectivity index (χ0v) is 14.0. The molecule has 1 atom stereocenters. The van der Waals surface area contributed by atoms with Crippen LogP contribution in [0, 0.1) is 5.41 Å². The molecule has 1 aliphatic carbocycles. The molecule has 2 aromatic rings. The van der Waals surface area contributed by atoms with Gasteiger partial charge in [0.15, 0.2) is 5.78 Å². The van der Waals surface area contributed by atoms with Gasteiger partial charge in [0.05, 0.1) is 18.9 Å². The number of ketones is 1. The largest absolute Gasteiger partial charge is 0.497 e. The van der Waals surface area contributed by atoms with Crippen LogP contribution in [0.1, 0.15) is 15.9 Å². The molecule has 0 heterocycles. The fourth-order valence-electron chi connectivity index (χ4n) is 2.84. The number of hydrogen-bond donors (Lipinski definition) is 2. The molecular weight excluding hydrogens is 312 g/mol.